The Morgan fingerprint density at radius 2 is 1.80 bits per heavy atom. The van der Waals surface area contributed by atoms with E-state index in [4.69, 9.17) is 9.47 Å². The molecule has 0 saturated carbocycles. The Bertz CT molecular complexity index is 725. The van der Waals surface area contributed by atoms with Gasteiger partial charge in [0.05, 0.1) is 7.11 Å². The molecule has 2 aromatic carbocycles. The first-order valence-corrected chi connectivity index (χ1v) is 8.67. The van der Waals surface area contributed by atoms with Crippen LogP contribution in [-0.2, 0) is 4.79 Å². The van der Waals surface area contributed by atoms with Gasteiger partial charge in [-0.2, -0.15) is 0 Å². The van der Waals surface area contributed by atoms with Crippen LogP contribution in [0.3, 0.4) is 0 Å². The van der Waals surface area contributed by atoms with Crippen LogP contribution in [0.4, 0.5) is 5.69 Å². The number of amides is 1. The number of methoxy groups -OCH3 is 1. The van der Waals surface area contributed by atoms with Crippen molar-refractivity contribution in [2.45, 2.75) is 46.1 Å². The van der Waals surface area contributed by atoms with Crippen molar-refractivity contribution in [3.8, 4) is 11.5 Å². The summed E-state index contributed by atoms with van der Waals surface area (Å²) in [4.78, 5) is 12.8. The van der Waals surface area contributed by atoms with Gasteiger partial charge in [0.15, 0.2) is 6.10 Å². The zero-order valence-electron chi connectivity index (χ0n) is 15.6. The minimum Gasteiger partial charge on any atom is -0.497 e. The molecule has 2 rings (SSSR count). The highest BCUT2D eigenvalue weighted by Crippen LogP contribution is 2.28. The molecule has 4 nitrogen and oxygen atoms in total. The topological polar surface area (TPSA) is 47.6 Å². The predicted molar refractivity (Wildman–Crippen MR) is 102 cm³/mol. The van der Waals surface area contributed by atoms with Gasteiger partial charge in [-0.05, 0) is 42.5 Å². The summed E-state index contributed by atoms with van der Waals surface area (Å²) in [5, 5.41) is 3.06. The lowest BCUT2D eigenvalue weighted by molar-refractivity contribution is -0.122. The van der Waals surface area contributed by atoms with Crippen molar-refractivity contribution in [3.05, 3.63) is 53.6 Å². The van der Waals surface area contributed by atoms with Crippen molar-refractivity contribution in [1.29, 1.82) is 0 Å². The minimum absolute atomic E-state index is 0.137. The van der Waals surface area contributed by atoms with E-state index in [1.165, 1.54) is 0 Å². The number of carbonyl (C=O) groups is 1. The van der Waals surface area contributed by atoms with E-state index < -0.39 is 6.10 Å². The first-order chi connectivity index (χ1) is 12.0. The molecular formula is C21H27NO3. The number of rotatable bonds is 7. The molecule has 25 heavy (non-hydrogen) atoms. The van der Waals surface area contributed by atoms with Gasteiger partial charge in [0, 0.05) is 11.8 Å². The summed E-state index contributed by atoms with van der Waals surface area (Å²) in [6.07, 6.45) is 0.0121. The highest BCUT2D eigenvalue weighted by Gasteiger charge is 2.21. The molecule has 1 atom stereocenters. The molecule has 0 aromatic heterocycles. The van der Waals surface area contributed by atoms with E-state index in [0.717, 1.165) is 16.8 Å². The third kappa shape index (κ3) is 4.75. The van der Waals surface area contributed by atoms with Crippen molar-refractivity contribution in [2.75, 3.05) is 12.4 Å². The van der Waals surface area contributed by atoms with Crippen molar-refractivity contribution >= 4 is 11.6 Å². The molecule has 134 valence electrons. The van der Waals surface area contributed by atoms with Crippen molar-refractivity contribution in [3.63, 3.8) is 0 Å². The highest BCUT2D eigenvalue weighted by atomic mass is 16.5. The summed E-state index contributed by atoms with van der Waals surface area (Å²) in [7, 11) is 1.61. The molecule has 0 unspecified atom stereocenters. The van der Waals surface area contributed by atoms with Gasteiger partial charge in [0.1, 0.15) is 11.5 Å². The van der Waals surface area contributed by atoms with E-state index in [-0.39, 0.29) is 5.91 Å². The maximum atomic E-state index is 12.8. The Morgan fingerprint density at radius 1 is 1.12 bits per heavy atom. The normalized spacial score (nSPS) is 11.9. The molecule has 4 heteroatoms. The van der Waals surface area contributed by atoms with Gasteiger partial charge >= 0.3 is 0 Å². The van der Waals surface area contributed by atoms with Crippen LogP contribution in [-0.4, -0.2) is 19.1 Å². The van der Waals surface area contributed by atoms with Gasteiger partial charge in [-0.25, -0.2) is 0 Å². The second-order valence-electron chi connectivity index (χ2n) is 6.38. The molecule has 1 N–H and O–H groups in total. The number of ether oxygens (including phenoxy) is 2. The predicted octanol–water partition coefficient (Wildman–Crippen LogP) is 4.92. The van der Waals surface area contributed by atoms with Gasteiger partial charge in [-0.15, -0.1) is 0 Å². The zero-order valence-corrected chi connectivity index (χ0v) is 15.6. The molecule has 0 spiro atoms. The monoisotopic (exact) mass is 341 g/mol. The van der Waals surface area contributed by atoms with Crippen LogP contribution in [0, 0.1) is 6.92 Å². The number of hydrogen-bond donors (Lipinski definition) is 1. The average molecular weight is 341 g/mol. The van der Waals surface area contributed by atoms with Gasteiger partial charge in [0.2, 0.25) is 0 Å². The Balaban J connectivity index is 2.18. The molecule has 2 aromatic rings. The highest BCUT2D eigenvalue weighted by molar-refractivity contribution is 5.95. The lowest BCUT2D eigenvalue weighted by Gasteiger charge is -2.21. The second kappa shape index (κ2) is 8.56. The molecule has 0 saturated heterocycles. The van der Waals surface area contributed by atoms with Gasteiger partial charge in [-0.3, -0.25) is 4.79 Å². The fraction of sp³-hybridized carbons (Fsp3) is 0.381. The smallest absolute Gasteiger partial charge is 0.265 e. The first-order valence-electron chi connectivity index (χ1n) is 8.67. The van der Waals surface area contributed by atoms with Crippen LogP contribution in [0.2, 0.25) is 0 Å². The summed E-state index contributed by atoms with van der Waals surface area (Å²) >= 11 is 0. The number of anilines is 1. The Kier molecular flexibility index (Phi) is 6.45. The molecule has 0 bridgehead atoms. The summed E-state index contributed by atoms with van der Waals surface area (Å²) in [6, 6.07) is 13.4. The number of hydrogen-bond acceptors (Lipinski definition) is 3. The third-order valence-corrected chi connectivity index (χ3v) is 4.16. The molecule has 0 aliphatic heterocycles. The Labute approximate surface area is 150 Å². The standard InChI is InChI=1S/C21H27NO3/c1-6-19(25-17-11-8-10-16(13-17)24-5)21(23)22-20-15(4)9-7-12-18(20)14(2)3/h7-14,19H,6H2,1-5H3,(H,22,23)/t19-/m0/s1. The van der Waals surface area contributed by atoms with Crippen LogP contribution in [0.25, 0.3) is 0 Å². The SMILES string of the molecule is CC[C@H](Oc1cccc(OC)c1)C(=O)Nc1c(C)cccc1C(C)C. The quantitative estimate of drug-likeness (QED) is 0.777. The van der Waals surface area contributed by atoms with E-state index in [0.29, 0.717) is 23.8 Å². The molecule has 0 aliphatic rings. The fourth-order valence-corrected chi connectivity index (χ4v) is 2.71. The Hall–Kier alpha value is -2.49. The molecule has 0 aliphatic carbocycles. The molecular weight excluding hydrogens is 314 g/mol. The first kappa shape index (κ1) is 18.8. The Morgan fingerprint density at radius 3 is 2.44 bits per heavy atom. The fourth-order valence-electron chi connectivity index (χ4n) is 2.71. The summed E-state index contributed by atoms with van der Waals surface area (Å²) in [5.41, 5.74) is 3.07. The van der Waals surface area contributed by atoms with E-state index in [2.05, 4.69) is 25.2 Å². The summed E-state index contributed by atoms with van der Waals surface area (Å²) in [6.45, 7) is 8.18. The average Bonchev–Trinajstić information content (AvgIpc) is 2.61. The van der Waals surface area contributed by atoms with E-state index in [9.17, 15) is 4.79 Å². The molecule has 0 fully saturated rings. The maximum absolute atomic E-state index is 12.8. The van der Waals surface area contributed by atoms with Gasteiger partial charge < -0.3 is 14.8 Å². The number of aryl methyl sites for hydroxylation is 1. The second-order valence-corrected chi connectivity index (χ2v) is 6.38. The lowest BCUT2D eigenvalue weighted by Crippen LogP contribution is -2.33. The van der Waals surface area contributed by atoms with Crippen LogP contribution in [0.15, 0.2) is 42.5 Å². The van der Waals surface area contributed by atoms with E-state index in [1.54, 1.807) is 13.2 Å². The van der Waals surface area contributed by atoms with Crippen LogP contribution < -0.4 is 14.8 Å². The van der Waals surface area contributed by atoms with Crippen LogP contribution in [0.5, 0.6) is 11.5 Å². The zero-order chi connectivity index (χ0) is 18.4. The molecule has 0 heterocycles. The maximum Gasteiger partial charge on any atom is 0.265 e. The van der Waals surface area contributed by atoms with Crippen molar-refractivity contribution < 1.29 is 14.3 Å². The van der Waals surface area contributed by atoms with Crippen molar-refractivity contribution in [2.24, 2.45) is 0 Å². The molecule has 1 amide bonds. The van der Waals surface area contributed by atoms with Crippen LogP contribution >= 0.6 is 0 Å². The third-order valence-electron chi connectivity index (χ3n) is 4.16. The number of benzene rings is 2. The van der Waals surface area contributed by atoms with Gasteiger partial charge in [-0.1, -0.05) is 45.0 Å². The number of carbonyl (C=O) groups excluding carboxylic acids is 1. The largest absolute Gasteiger partial charge is 0.497 e. The number of para-hydroxylation sites is 1. The minimum atomic E-state index is -0.563. The van der Waals surface area contributed by atoms with E-state index >= 15 is 0 Å². The number of nitrogens with one attached hydrogen (secondary N) is 1. The lowest BCUT2D eigenvalue weighted by atomic mass is 9.98. The summed E-state index contributed by atoms with van der Waals surface area (Å²) < 4.78 is 11.1. The summed E-state index contributed by atoms with van der Waals surface area (Å²) in [5.74, 6) is 1.51. The van der Waals surface area contributed by atoms with Gasteiger partial charge in [0.25, 0.3) is 5.91 Å². The van der Waals surface area contributed by atoms with E-state index in [1.807, 2.05) is 44.2 Å². The van der Waals surface area contributed by atoms with Crippen LogP contribution in [0.1, 0.15) is 44.2 Å². The van der Waals surface area contributed by atoms with Crippen molar-refractivity contribution in [1.82, 2.24) is 0 Å². The molecule has 0 radical (unpaired) electrons.